The molecule has 3 rings (SSSR count). The van der Waals surface area contributed by atoms with E-state index in [-0.39, 0.29) is 23.4 Å². The van der Waals surface area contributed by atoms with Crippen LogP contribution in [0.4, 0.5) is 0 Å². The second-order valence-corrected chi connectivity index (χ2v) is 8.71. The van der Waals surface area contributed by atoms with Gasteiger partial charge >= 0.3 is 0 Å². The van der Waals surface area contributed by atoms with E-state index >= 15 is 0 Å². The SMILES string of the molecule is Cc1ccc(S(=O)(=O)NCc2ccccc2)cc1C(=O)N1CCCC(N)C1. The number of aryl methyl sites for hydroxylation is 1. The van der Waals surface area contributed by atoms with Gasteiger partial charge in [-0.2, -0.15) is 0 Å². The Labute approximate surface area is 160 Å². The van der Waals surface area contributed by atoms with Crippen LogP contribution in [0.3, 0.4) is 0 Å². The van der Waals surface area contributed by atoms with E-state index in [9.17, 15) is 13.2 Å². The first kappa shape index (κ1) is 19.5. The van der Waals surface area contributed by atoms with Gasteiger partial charge in [-0.15, -0.1) is 0 Å². The molecule has 1 heterocycles. The number of sulfonamides is 1. The van der Waals surface area contributed by atoms with Gasteiger partial charge < -0.3 is 10.6 Å². The van der Waals surface area contributed by atoms with E-state index in [1.54, 1.807) is 11.0 Å². The van der Waals surface area contributed by atoms with E-state index in [1.165, 1.54) is 12.1 Å². The summed E-state index contributed by atoms with van der Waals surface area (Å²) in [7, 11) is -3.72. The fourth-order valence-corrected chi connectivity index (χ4v) is 4.26. The molecule has 2 aromatic rings. The maximum Gasteiger partial charge on any atom is 0.254 e. The zero-order valence-corrected chi connectivity index (χ0v) is 16.2. The molecule has 27 heavy (non-hydrogen) atoms. The van der Waals surface area contributed by atoms with Gasteiger partial charge in [-0.25, -0.2) is 13.1 Å². The minimum Gasteiger partial charge on any atom is -0.337 e. The first-order chi connectivity index (χ1) is 12.9. The van der Waals surface area contributed by atoms with Crippen molar-refractivity contribution in [2.75, 3.05) is 13.1 Å². The molecule has 0 radical (unpaired) electrons. The fourth-order valence-electron chi connectivity index (χ4n) is 3.22. The molecule has 1 saturated heterocycles. The average Bonchev–Trinajstić information content (AvgIpc) is 2.67. The van der Waals surface area contributed by atoms with Crippen LogP contribution < -0.4 is 10.5 Å². The van der Waals surface area contributed by atoms with Crippen molar-refractivity contribution in [2.45, 2.75) is 37.2 Å². The van der Waals surface area contributed by atoms with Gasteiger partial charge in [0.05, 0.1) is 4.90 Å². The lowest BCUT2D eigenvalue weighted by Gasteiger charge is -2.31. The summed E-state index contributed by atoms with van der Waals surface area (Å²) in [5.41, 5.74) is 8.00. The van der Waals surface area contributed by atoms with Crippen LogP contribution in [-0.4, -0.2) is 38.4 Å². The Morgan fingerprint density at radius 3 is 2.67 bits per heavy atom. The number of carbonyl (C=O) groups excluding carboxylic acids is 1. The van der Waals surface area contributed by atoms with Gasteiger partial charge in [0.25, 0.3) is 5.91 Å². The minimum absolute atomic E-state index is 0.0255. The maximum atomic E-state index is 12.9. The summed E-state index contributed by atoms with van der Waals surface area (Å²) in [5, 5.41) is 0. The van der Waals surface area contributed by atoms with E-state index in [0.717, 1.165) is 24.0 Å². The fraction of sp³-hybridized carbons (Fsp3) is 0.350. The molecule has 1 atom stereocenters. The standard InChI is InChI=1S/C20H25N3O3S/c1-15-9-10-18(27(25,26)22-13-16-6-3-2-4-7-16)12-19(15)20(24)23-11-5-8-17(21)14-23/h2-4,6-7,9-10,12,17,22H,5,8,11,13-14,21H2,1H3. The molecule has 144 valence electrons. The second kappa shape index (κ2) is 8.21. The molecule has 0 spiro atoms. The number of nitrogens with one attached hydrogen (secondary N) is 1. The number of likely N-dealkylation sites (tertiary alicyclic amines) is 1. The summed E-state index contributed by atoms with van der Waals surface area (Å²) in [6.45, 7) is 3.16. The number of amides is 1. The highest BCUT2D eigenvalue weighted by Crippen LogP contribution is 2.20. The van der Waals surface area contributed by atoms with Gasteiger partial charge in [0.15, 0.2) is 0 Å². The summed E-state index contributed by atoms with van der Waals surface area (Å²) < 4.78 is 27.9. The van der Waals surface area contributed by atoms with E-state index < -0.39 is 10.0 Å². The van der Waals surface area contributed by atoms with Crippen LogP contribution in [0.15, 0.2) is 53.4 Å². The molecule has 0 aromatic heterocycles. The summed E-state index contributed by atoms with van der Waals surface area (Å²) in [5.74, 6) is -0.164. The van der Waals surface area contributed by atoms with Crippen LogP contribution in [0, 0.1) is 6.92 Å². The molecule has 0 aliphatic carbocycles. The molecule has 1 aliphatic rings. The van der Waals surface area contributed by atoms with Gasteiger partial charge in [-0.05, 0) is 43.0 Å². The van der Waals surface area contributed by atoms with Crippen LogP contribution in [0.1, 0.15) is 34.3 Å². The van der Waals surface area contributed by atoms with E-state index in [0.29, 0.717) is 18.7 Å². The number of hydrogen-bond acceptors (Lipinski definition) is 4. The van der Waals surface area contributed by atoms with Gasteiger partial charge in [0.1, 0.15) is 0 Å². The monoisotopic (exact) mass is 387 g/mol. The number of benzene rings is 2. The van der Waals surface area contributed by atoms with Crippen molar-refractivity contribution >= 4 is 15.9 Å². The van der Waals surface area contributed by atoms with Gasteiger partial charge in [-0.3, -0.25) is 4.79 Å². The number of piperidine rings is 1. The van der Waals surface area contributed by atoms with Crippen molar-refractivity contribution in [1.82, 2.24) is 9.62 Å². The molecule has 1 aliphatic heterocycles. The Morgan fingerprint density at radius 1 is 1.22 bits per heavy atom. The largest absolute Gasteiger partial charge is 0.337 e. The highest BCUT2D eigenvalue weighted by molar-refractivity contribution is 7.89. The average molecular weight is 388 g/mol. The lowest BCUT2D eigenvalue weighted by Crippen LogP contribution is -2.45. The molecule has 1 amide bonds. The lowest BCUT2D eigenvalue weighted by molar-refractivity contribution is 0.0708. The Bertz CT molecular complexity index is 913. The summed E-state index contributed by atoms with van der Waals surface area (Å²) in [6.07, 6.45) is 1.77. The molecular formula is C20H25N3O3S. The number of nitrogens with two attached hydrogens (primary N) is 1. The first-order valence-electron chi connectivity index (χ1n) is 9.06. The van der Waals surface area contributed by atoms with Crippen molar-refractivity contribution in [3.63, 3.8) is 0 Å². The van der Waals surface area contributed by atoms with E-state index in [2.05, 4.69) is 4.72 Å². The molecule has 0 saturated carbocycles. The normalized spacial score (nSPS) is 17.7. The van der Waals surface area contributed by atoms with Gasteiger partial charge in [-0.1, -0.05) is 36.4 Å². The Hall–Kier alpha value is -2.22. The second-order valence-electron chi connectivity index (χ2n) is 6.94. The number of rotatable bonds is 5. The topological polar surface area (TPSA) is 92.5 Å². The van der Waals surface area contributed by atoms with Gasteiger partial charge in [0, 0.05) is 31.2 Å². The Kier molecular flexibility index (Phi) is 5.94. The predicted molar refractivity (Wildman–Crippen MR) is 105 cm³/mol. The lowest BCUT2D eigenvalue weighted by atomic mass is 10.0. The third-order valence-corrected chi connectivity index (χ3v) is 6.20. The number of nitrogens with zero attached hydrogens (tertiary/aromatic N) is 1. The third kappa shape index (κ3) is 4.74. The number of carbonyl (C=O) groups is 1. The summed E-state index contributed by atoms with van der Waals surface area (Å²) >= 11 is 0. The Morgan fingerprint density at radius 2 is 1.96 bits per heavy atom. The molecule has 1 unspecified atom stereocenters. The molecular weight excluding hydrogens is 362 g/mol. The van der Waals surface area contributed by atoms with Crippen molar-refractivity contribution < 1.29 is 13.2 Å². The first-order valence-corrected chi connectivity index (χ1v) is 10.5. The van der Waals surface area contributed by atoms with Crippen molar-refractivity contribution in [1.29, 1.82) is 0 Å². The van der Waals surface area contributed by atoms with Crippen LogP contribution in [-0.2, 0) is 16.6 Å². The van der Waals surface area contributed by atoms with E-state index in [1.807, 2.05) is 37.3 Å². The van der Waals surface area contributed by atoms with Crippen LogP contribution >= 0.6 is 0 Å². The van der Waals surface area contributed by atoms with Crippen LogP contribution in [0.25, 0.3) is 0 Å². The molecule has 6 nitrogen and oxygen atoms in total. The maximum absolute atomic E-state index is 12.9. The highest BCUT2D eigenvalue weighted by Gasteiger charge is 2.25. The summed E-state index contributed by atoms with van der Waals surface area (Å²) in [4.78, 5) is 14.7. The zero-order valence-electron chi connectivity index (χ0n) is 15.4. The van der Waals surface area contributed by atoms with Crippen LogP contribution in [0.5, 0.6) is 0 Å². The van der Waals surface area contributed by atoms with Crippen molar-refractivity contribution in [2.24, 2.45) is 5.73 Å². The smallest absolute Gasteiger partial charge is 0.254 e. The quantitative estimate of drug-likeness (QED) is 0.821. The minimum atomic E-state index is -3.72. The van der Waals surface area contributed by atoms with Crippen LogP contribution in [0.2, 0.25) is 0 Å². The van der Waals surface area contributed by atoms with E-state index in [4.69, 9.17) is 5.73 Å². The molecule has 1 fully saturated rings. The predicted octanol–water partition coefficient (Wildman–Crippen LogP) is 2.04. The van der Waals surface area contributed by atoms with Gasteiger partial charge in [0.2, 0.25) is 10.0 Å². The third-order valence-electron chi connectivity index (χ3n) is 4.80. The number of hydrogen-bond donors (Lipinski definition) is 2. The molecule has 3 N–H and O–H groups in total. The Balaban J connectivity index is 1.80. The van der Waals surface area contributed by atoms with Crippen molar-refractivity contribution in [3.05, 3.63) is 65.2 Å². The van der Waals surface area contributed by atoms with Crippen molar-refractivity contribution in [3.8, 4) is 0 Å². The zero-order chi connectivity index (χ0) is 19.4. The molecule has 2 aromatic carbocycles. The molecule has 7 heteroatoms. The highest BCUT2D eigenvalue weighted by atomic mass is 32.2. The molecule has 0 bridgehead atoms. The summed E-state index contributed by atoms with van der Waals surface area (Å²) in [6, 6.07) is 13.9.